The molecule has 0 radical (unpaired) electrons. The minimum Gasteiger partial charge on any atom is -0.497 e. The molecule has 0 spiro atoms. The van der Waals surface area contributed by atoms with Crippen LogP contribution in [0.2, 0.25) is 0 Å². The summed E-state index contributed by atoms with van der Waals surface area (Å²) in [5.41, 5.74) is 3.80. The zero-order valence-electron chi connectivity index (χ0n) is 19.8. The van der Waals surface area contributed by atoms with Crippen molar-refractivity contribution in [2.75, 3.05) is 24.9 Å². The lowest BCUT2D eigenvalue weighted by atomic mass is 9.95. The Kier molecular flexibility index (Phi) is 6.88. The highest BCUT2D eigenvalue weighted by Gasteiger charge is 2.28. The number of pyridine rings is 1. The van der Waals surface area contributed by atoms with Gasteiger partial charge in [0, 0.05) is 27.8 Å². The molecule has 0 aliphatic heterocycles. The second kappa shape index (κ2) is 10.0. The van der Waals surface area contributed by atoms with E-state index in [1.54, 1.807) is 26.4 Å². The van der Waals surface area contributed by atoms with Crippen molar-refractivity contribution >= 4 is 28.1 Å². The van der Waals surface area contributed by atoms with Crippen molar-refractivity contribution in [1.29, 1.82) is 0 Å². The number of thiophene rings is 1. The van der Waals surface area contributed by atoms with Crippen molar-refractivity contribution < 1.29 is 18.7 Å². The van der Waals surface area contributed by atoms with Gasteiger partial charge in [-0.15, -0.1) is 11.3 Å². The lowest BCUT2D eigenvalue weighted by Crippen LogP contribution is -2.18. The van der Waals surface area contributed by atoms with Crippen molar-refractivity contribution in [3.63, 3.8) is 0 Å². The third-order valence-electron chi connectivity index (χ3n) is 5.62. The number of rotatable bonds is 8. The van der Waals surface area contributed by atoms with Crippen LogP contribution >= 0.6 is 11.3 Å². The van der Waals surface area contributed by atoms with Crippen molar-refractivity contribution in [1.82, 2.24) is 4.98 Å². The summed E-state index contributed by atoms with van der Waals surface area (Å²) in [5, 5.41) is 7.34. The first kappa shape index (κ1) is 23.4. The summed E-state index contributed by atoms with van der Waals surface area (Å²) < 4.78 is 16.4. The largest absolute Gasteiger partial charge is 0.497 e. The first-order chi connectivity index (χ1) is 16.4. The van der Waals surface area contributed by atoms with Crippen LogP contribution in [0.3, 0.4) is 0 Å². The maximum absolute atomic E-state index is 12.8. The summed E-state index contributed by atoms with van der Waals surface area (Å²) in [4.78, 5) is 18.6. The fourth-order valence-corrected chi connectivity index (χ4v) is 4.89. The molecule has 0 fully saturated rings. The Morgan fingerprint density at radius 3 is 2.56 bits per heavy atom. The predicted octanol–water partition coefficient (Wildman–Crippen LogP) is 6.13. The van der Waals surface area contributed by atoms with Crippen molar-refractivity contribution in [3.05, 3.63) is 87.8 Å². The number of carbonyl (C=O) groups excluding carboxylic acids is 1. The summed E-state index contributed by atoms with van der Waals surface area (Å²) in [6.45, 7) is 6.04. The lowest BCUT2D eigenvalue weighted by Gasteiger charge is -2.24. The number of carbonyl (C=O) groups is 1. The van der Waals surface area contributed by atoms with Gasteiger partial charge in [-0.2, -0.15) is 0 Å². The number of benzene rings is 1. The number of nitrogens with one attached hydrogen (secondary N) is 2. The number of aromatic nitrogens is 1. The molecule has 7 nitrogen and oxygen atoms in total. The molecule has 3 heterocycles. The van der Waals surface area contributed by atoms with Gasteiger partial charge in [0.1, 0.15) is 22.3 Å². The van der Waals surface area contributed by atoms with Crippen LogP contribution in [0.5, 0.6) is 11.5 Å². The van der Waals surface area contributed by atoms with Gasteiger partial charge in [-0.3, -0.25) is 4.79 Å². The van der Waals surface area contributed by atoms with Gasteiger partial charge in [-0.25, -0.2) is 4.98 Å². The summed E-state index contributed by atoms with van der Waals surface area (Å²) in [5.74, 6) is 2.02. The molecule has 34 heavy (non-hydrogen) atoms. The van der Waals surface area contributed by atoms with E-state index in [2.05, 4.69) is 22.5 Å². The Morgan fingerprint density at radius 1 is 1.06 bits per heavy atom. The monoisotopic (exact) mass is 477 g/mol. The highest BCUT2D eigenvalue weighted by Crippen LogP contribution is 2.44. The summed E-state index contributed by atoms with van der Waals surface area (Å²) in [6, 6.07) is 14.5. The van der Waals surface area contributed by atoms with Crippen LogP contribution in [-0.2, 0) is 0 Å². The van der Waals surface area contributed by atoms with Gasteiger partial charge >= 0.3 is 0 Å². The molecular formula is C26H27N3O4S. The standard InChI is InChI=1S/C26H27N3O4S/c1-15-8-6-10-22(27-15)28-24(19-12-11-18(31-4)14-21(19)32-5)23-16(2)17(3)34-26(23)29-25(30)20-9-7-13-33-20/h6-14,24H,1-5H3,(H,27,28)(H,29,30)/t24-/m0/s1. The maximum atomic E-state index is 12.8. The molecule has 0 aliphatic rings. The van der Waals surface area contributed by atoms with E-state index in [1.165, 1.54) is 17.6 Å². The molecule has 1 amide bonds. The average Bonchev–Trinajstić information content (AvgIpc) is 3.46. The van der Waals surface area contributed by atoms with E-state index in [0.717, 1.165) is 38.1 Å². The molecule has 1 aromatic carbocycles. The van der Waals surface area contributed by atoms with Crippen LogP contribution in [0.4, 0.5) is 10.8 Å². The number of nitrogens with zero attached hydrogens (tertiary/aromatic N) is 1. The number of furan rings is 1. The Labute approximate surface area is 202 Å². The Bertz CT molecular complexity index is 1300. The fraction of sp³-hybridized carbons (Fsp3) is 0.231. The molecule has 8 heteroatoms. The lowest BCUT2D eigenvalue weighted by molar-refractivity contribution is 0.0997. The van der Waals surface area contributed by atoms with Crippen molar-refractivity contribution in [3.8, 4) is 11.5 Å². The second-order valence-corrected chi connectivity index (χ2v) is 9.03. The van der Waals surface area contributed by atoms with Gasteiger partial charge in [-0.1, -0.05) is 6.07 Å². The molecule has 4 rings (SSSR count). The van der Waals surface area contributed by atoms with E-state index in [9.17, 15) is 4.79 Å². The normalized spacial score (nSPS) is 11.7. The topological polar surface area (TPSA) is 85.6 Å². The highest BCUT2D eigenvalue weighted by atomic mass is 32.1. The smallest absolute Gasteiger partial charge is 0.291 e. The number of hydrogen-bond donors (Lipinski definition) is 2. The Hall–Kier alpha value is -3.78. The summed E-state index contributed by atoms with van der Waals surface area (Å²) in [7, 11) is 3.25. The van der Waals surface area contributed by atoms with Gasteiger partial charge in [-0.05, 0) is 62.7 Å². The van der Waals surface area contributed by atoms with E-state index < -0.39 is 0 Å². The second-order valence-electron chi connectivity index (χ2n) is 7.81. The first-order valence-corrected chi connectivity index (χ1v) is 11.6. The number of ether oxygens (including phenoxy) is 2. The molecule has 4 aromatic rings. The van der Waals surface area contributed by atoms with E-state index in [1.807, 2.05) is 50.2 Å². The molecule has 3 aromatic heterocycles. The van der Waals surface area contributed by atoms with Crippen LogP contribution in [-0.4, -0.2) is 25.1 Å². The van der Waals surface area contributed by atoms with E-state index in [0.29, 0.717) is 11.5 Å². The van der Waals surface area contributed by atoms with E-state index in [-0.39, 0.29) is 17.7 Å². The van der Waals surface area contributed by atoms with Crippen molar-refractivity contribution in [2.45, 2.75) is 26.8 Å². The molecule has 0 bridgehead atoms. The van der Waals surface area contributed by atoms with Crippen molar-refractivity contribution in [2.24, 2.45) is 0 Å². The van der Waals surface area contributed by atoms with E-state index in [4.69, 9.17) is 13.9 Å². The summed E-state index contributed by atoms with van der Waals surface area (Å²) in [6.07, 6.45) is 1.48. The van der Waals surface area contributed by atoms with Gasteiger partial charge < -0.3 is 24.5 Å². The molecular weight excluding hydrogens is 450 g/mol. The molecule has 1 atom stereocenters. The molecule has 0 saturated carbocycles. The van der Waals surface area contributed by atoms with Crippen LogP contribution in [0.25, 0.3) is 0 Å². The Morgan fingerprint density at radius 2 is 1.88 bits per heavy atom. The minimum atomic E-state index is -0.355. The molecule has 2 N–H and O–H groups in total. The SMILES string of the molecule is COc1ccc([C@H](Nc2cccc(C)n2)c2c(NC(=O)c3ccco3)sc(C)c2C)c(OC)c1. The molecule has 0 aliphatic carbocycles. The van der Waals surface area contributed by atoms with Crippen LogP contribution in [0.1, 0.15) is 43.9 Å². The third-order valence-corrected chi connectivity index (χ3v) is 6.76. The number of methoxy groups -OCH3 is 2. The summed E-state index contributed by atoms with van der Waals surface area (Å²) >= 11 is 1.52. The van der Waals surface area contributed by atoms with Crippen LogP contribution in [0.15, 0.2) is 59.2 Å². The molecule has 0 saturated heterocycles. The molecule has 0 unspecified atom stereocenters. The number of anilines is 2. The van der Waals surface area contributed by atoms with Gasteiger partial charge in [0.2, 0.25) is 0 Å². The predicted molar refractivity (Wildman–Crippen MR) is 134 cm³/mol. The van der Waals surface area contributed by atoms with Gasteiger partial charge in [0.25, 0.3) is 5.91 Å². The Balaban J connectivity index is 1.85. The van der Waals surface area contributed by atoms with Gasteiger partial charge in [0.05, 0.1) is 26.5 Å². The minimum absolute atomic E-state index is 0.251. The first-order valence-electron chi connectivity index (χ1n) is 10.8. The maximum Gasteiger partial charge on any atom is 0.291 e. The highest BCUT2D eigenvalue weighted by molar-refractivity contribution is 7.16. The van der Waals surface area contributed by atoms with Crippen LogP contribution in [0, 0.1) is 20.8 Å². The molecule has 176 valence electrons. The number of aryl methyl sites for hydroxylation is 2. The number of amides is 1. The van der Waals surface area contributed by atoms with Gasteiger partial charge in [0.15, 0.2) is 5.76 Å². The zero-order valence-corrected chi connectivity index (χ0v) is 20.6. The van der Waals surface area contributed by atoms with E-state index >= 15 is 0 Å². The fourth-order valence-electron chi connectivity index (χ4n) is 3.79. The third kappa shape index (κ3) is 4.77. The average molecular weight is 478 g/mol. The number of hydrogen-bond acceptors (Lipinski definition) is 7. The van der Waals surface area contributed by atoms with Crippen LogP contribution < -0.4 is 20.1 Å². The zero-order chi connectivity index (χ0) is 24.2. The quantitative estimate of drug-likeness (QED) is 0.317.